The van der Waals surface area contributed by atoms with Gasteiger partial charge in [-0.2, -0.15) is 0 Å². The Morgan fingerprint density at radius 3 is 2.08 bits per heavy atom. The number of fused-ring (bicyclic) bond motifs is 1. The van der Waals surface area contributed by atoms with Gasteiger partial charge in [-0.3, -0.25) is 4.79 Å². The van der Waals surface area contributed by atoms with Gasteiger partial charge in [-0.1, -0.05) is 0 Å². The molecule has 3 atom stereocenters. The Bertz CT molecular complexity index is 221. The Hall–Kier alpha value is -0.470. The van der Waals surface area contributed by atoms with Crippen LogP contribution in [0.25, 0.3) is 0 Å². The zero-order valence-corrected chi connectivity index (χ0v) is 7.72. The van der Waals surface area contributed by atoms with Crippen molar-refractivity contribution in [2.45, 2.75) is 38.5 Å². The van der Waals surface area contributed by atoms with Crippen LogP contribution in [-0.2, 0) is 4.79 Å². The van der Waals surface area contributed by atoms with E-state index in [0.29, 0.717) is 12.8 Å². The molecule has 2 fully saturated rings. The highest BCUT2D eigenvalue weighted by atomic mass is 19.3. The zero-order valence-electron chi connectivity index (χ0n) is 7.72. The van der Waals surface area contributed by atoms with Gasteiger partial charge in [0.05, 0.1) is 0 Å². The molecule has 0 aromatic carbocycles. The minimum absolute atomic E-state index is 0.0153. The molecular formula is C10H14F2O. The lowest BCUT2D eigenvalue weighted by Gasteiger charge is -2.11. The SMILES string of the molecule is CC(=O)[C@@H]1C[C@@H]2CC(F)(F)C[C@@H]2C1. The maximum absolute atomic E-state index is 12.9. The molecule has 0 heterocycles. The van der Waals surface area contributed by atoms with E-state index >= 15 is 0 Å². The van der Waals surface area contributed by atoms with E-state index in [0.717, 1.165) is 0 Å². The fourth-order valence-corrected chi connectivity index (χ4v) is 2.89. The maximum atomic E-state index is 12.9. The number of rotatable bonds is 1. The zero-order chi connectivity index (χ0) is 9.64. The van der Waals surface area contributed by atoms with Gasteiger partial charge in [0, 0.05) is 18.8 Å². The highest BCUT2D eigenvalue weighted by molar-refractivity contribution is 5.78. The van der Waals surface area contributed by atoms with E-state index in [1.807, 2.05) is 0 Å². The van der Waals surface area contributed by atoms with Crippen molar-refractivity contribution in [2.24, 2.45) is 17.8 Å². The molecule has 0 N–H and O–H groups in total. The first-order valence-corrected chi connectivity index (χ1v) is 4.86. The quantitative estimate of drug-likeness (QED) is 0.618. The molecule has 2 aliphatic rings. The first kappa shape index (κ1) is 9.10. The van der Waals surface area contributed by atoms with E-state index in [1.165, 1.54) is 0 Å². The molecule has 0 radical (unpaired) electrons. The Morgan fingerprint density at radius 2 is 1.69 bits per heavy atom. The number of halogens is 2. The summed E-state index contributed by atoms with van der Waals surface area (Å²) in [5.74, 6) is -1.96. The molecule has 2 saturated carbocycles. The molecule has 0 bridgehead atoms. The van der Waals surface area contributed by atoms with Crippen LogP contribution in [0.3, 0.4) is 0 Å². The molecule has 0 aliphatic heterocycles. The van der Waals surface area contributed by atoms with Crippen LogP contribution in [0.1, 0.15) is 32.6 Å². The van der Waals surface area contributed by atoms with Crippen molar-refractivity contribution in [3.05, 3.63) is 0 Å². The third kappa shape index (κ3) is 1.61. The van der Waals surface area contributed by atoms with Crippen LogP contribution in [0.5, 0.6) is 0 Å². The number of carbonyl (C=O) groups excluding carboxylic acids is 1. The van der Waals surface area contributed by atoms with Gasteiger partial charge in [-0.25, -0.2) is 8.78 Å². The summed E-state index contributed by atoms with van der Waals surface area (Å²) in [6.07, 6.45) is 1.44. The predicted molar refractivity (Wildman–Crippen MR) is 44.6 cm³/mol. The normalized spacial score (nSPS) is 41.9. The lowest BCUT2D eigenvalue weighted by Crippen LogP contribution is -2.14. The molecule has 0 aromatic heterocycles. The van der Waals surface area contributed by atoms with Crippen molar-refractivity contribution in [1.29, 1.82) is 0 Å². The highest BCUT2D eigenvalue weighted by Crippen LogP contribution is 2.52. The number of hydrogen-bond acceptors (Lipinski definition) is 1. The van der Waals surface area contributed by atoms with Crippen molar-refractivity contribution >= 4 is 5.78 Å². The van der Waals surface area contributed by atoms with Crippen LogP contribution < -0.4 is 0 Å². The van der Waals surface area contributed by atoms with Gasteiger partial charge < -0.3 is 0 Å². The summed E-state index contributed by atoms with van der Waals surface area (Å²) >= 11 is 0. The standard InChI is InChI=1S/C10H14F2O/c1-6(13)7-2-8-4-10(11,12)5-9(8)3-7/h7-9H,2-5H2,1H3/t7-,8-,9+. The summed E-state index contributed by atoms with van der Waals surface area (Å²) in [4.78, 5) is 11.1. The van der Waals surface area contributed by atoms with Crippen molar-refractivity contribution in [1.82, 2.24) is 0 Å². The first-order valence-electron chi connectivity index (χ1n) is 4.86. The Balaban J connectivity index is 2.01. The van der Waals surface area contributed by atoms with Crippen molar-refractivity contribution in [2.75, 3.05) is 0 Å². The minimum atomic E-state index is -2.45. The van der Waals surface area contributed by atoms with Crippen LogP contribution in [0.4, 0.5) is 8.78 Å². The van der Waals surface area contributed by atoms with E-state index in [1.54, 1.807) is 6.92 Å². The number of ketones is 1. The predicted octanol–water partition coefficient (Wildman–Crippen LogP) is 2.65. The lowest BCUT2D eigenvalue weighted by atomic mass is 9.99. The summed E-state index contributed by atoms with van der Waals surface area (Å²) < 4.78 is 25.8. The maximum Gasteiger partial charge on any atom is 0.248 e. The highest BCUT2D eigenvalue weighted by Gasteiger charge is 2.51. The fourth-order valence-electron chi connectivity index (χ4n) is 2.89. The average molecular weight is 188 g/mol. The Labute approximate surface area is 76.5 Å². The molecule has 13 heavy (non-hydrogen) atoms. The Morgan fingerprint density at radius 1 is 1.23 bits per heavy atom. The van der Waals surface area contributed by atoms with Gasteiger partial charge in [-0.15, -0.1) is 0 Å². The van der Waals surface area contributed by atoms with E-state index < -0.39 is 5.92 Å². The Kier molecular flexibility index (Phi) is 1.93. The fraction of sp³-hybridized carbons (Fsp3) is 0.900. The van der Waals surface area contributed by atoms with Crippen LogP contribution in [0.2, 0.25) is 0 Å². The molecule has 0 amide bonds. The number of alkyl halides is 2. The van der Waals surface area contributed by atoms with Crippen LogP contribution in [0.15, 0.2) is 0 Å². The van der Waals surface area contributed by atoms with Gasteiger partial charge in [0.1, 0.15) is 5.78 Å². The third-order valence-corrected chi connectivity index (χ3v) is 3.54. The summed E-state index contributed by atoms with van der Waals surface area (Å²) in [5.41, 5.74) is 0. The van der Waals surface area contributed by atoms with E-state index in [9.17, 15) is 13.6 Å². The van der Waals surface area contributed by atoms with Gasteiger partial charge >= 0.3 is 0 Å². The summed E-state index contributed by atoms with van der Waals surface area (Å²) in [6, 6.07) is 0. The monoisotopic (exact) mass is 188 g/mol. The average Bonchev–Trinajstić information content (AvgIpc) is 2.39. The topological polar surface area (TPSA) is 17.1 Å². The smallest absolute Gasteiger partial charge is 0.248 e. The van der Waals surface area contributed by atoms with Gasteiger partial charge in [0.15, 0.2) is 0 Å². The van der Waals surface area contributed by atoms with E-state index in [2.05, 4.69) is 0 Å². The molecule has 74 valence electrons. The van der Waals surface area contributed by atoms with E-state index in [4.69, 9.17) is 0 Å². The number of hydrogen-bond donors (Lipinski definition) is 0. The van der Waals surface area contributed by atoms with Crippen molar-refractivity contribution < 1.29 is 13.6 Å². The molecule has 1 nitrogen and oxygen atoms in total. The van der Waals surface area contributed by atoms with Gasteiger partial charge in [-0.05, 0) is 31.6 Å². The van der Waals surface area contributed by atoms with Gasteiger partial charge in [0.2, 0.25) is 5.92 Å². The van der Waals surface area contributed by atoms with Crippen LogP contribution >= 0.6 is 0 Å². The molecule has 0 spiro atoms. The minimum Gasteiger partial charge on any atom is -0.300 e. The number of carbonyl (C=O) groups is 1. The summed E-state index contributed by atoms with van der Waals surface area (Å²) in [5, 5.41) is 0. The molecule has 3 heteroatoms. The van der Waals surface area contributed by atoms with E-state index in [-0.39, 0.29) is 36.4 Å². The largest absolute Gasteiger partial charge is 0.300 e. The molecular weight excluding hydrogens is 174 g/mol. The number of Topliss-reactive ketones (excluding diaryl/α,β-unsaturated/α-hetero) is 1. The second kappa shape index (κ2) is 2.76. The third-order valence-electron chi connectivity index (χ3n) is 3.54. The molecule has 0 aromatic rings. The van der Waals surface area contributed by atoms with Crippen LogP contribution in [-0.4, -0.2) is 11.7 Å². The van der Waals surface area contributed by atoms with Crippen LogP contribution in [0, 0.1) is 17.8 Å². The molecule has 2 aliphatic carbocycles. The van der Waals surface area contributed by atoms with Gasteiger partial charge in [0.25, 0.3) is 0 Å². The van der Waals surface area contributed by atoms with Crippen molar-refractivity contribution in [3.8, 4) is 0 Å². The summed E-state index contributed by atoms with van der Waals surface area (Å²) in [6.45, 7) is 1.57. The molecule has 2 rings (SSSR count). The first-order chi connectivity index (χ1) is 5.98. The van der Waals surface area contributed by atoms with Crippen molar-refractivity contribution in [3.63, 3.8) is 0 Å². The molecule has 0 saturated heterocycles. The summed E-state index contributed by atoms with van der Waals surface area (Å²) in [7, 11) is 0. The second-order valence-electron chi connectivity index (χ2n) is 4.56. The second-order valence-corrected chi connectivity index (χ2v) is 4.56. The molecule has 0 unspecified atom stereocenters. The lowest BCUT2D eigenvalue weighted by molar-refractivity contribution is -0.121.